The van der Waals surface area contributed by atoms with Gasteiger partial charge in [-0.05, 0) is 62.8 Å². The smallest absolute Gasteiger partial charge is 0.325 e. The second-order valence-electron chi connectivity index (χ2n) is 9.65. The summed E-state index contributed by atoms with van der Waals surface area (Å²) in [5, 5.41) is 0.521. The van der Waals surface area contributed by atoms with E-state index in [0.717, 1.165) is 25.7 Å². The first-order valence-corrected chi connectivity index (χ1v) is 12.6. The van der Waals surface area contributed by atoms with Crippen LogP contribution in [0.2, 0.25) is 0 Å². The first-order chi connectivity index (χ1) is 17.8. The number of hydroxylamine groups is 2. The summed E-state index contributed by atoms with van der Waals surface area (Å²) in [6.45, 7) is 4.11. The minimum absolute atomic E-state index is 0.0315. The highest BCUT2D eigenvalue weighted by molar-refractivity contribution is 6.03. The van der Waals surface area contributed by atoms with Gasteiger partial charge in [-0.15, -0.1) is 5.06 Å². The van der Waals surface area contributed by atoms with Crippen LogP contribution in [0.5, 0.6) is 0 Å². The summed E-state index contributed by atoms with van der Waals surface area (Å²) in [4.78, 5) is 54.3. The third-order valence-corrected chi connectivity index (χ3v) is 6.76. The number of imide groups is 1. The molecule has 4 rings (SSSR count). The molecule has 6 heteroatoms. The van der Waals surface area contributed by atoms with E-state index in [2.05, 4.69) is 62.4 Å². The number of ketones is 1. The molecule has 0 bridgehead atoms. The summed E-state index contributed by atoms with van der Waals surface area (Å²) in [6, 6.07) is 23.0. The van der Waals surface area contributed by atoms with Gasteiger partial charge < -0.3 is 4.84 Å². The van der Waals surface area contributed by atoms with Gasteiger partial charge in [-0.1, -0.05) is 71.8 Å². The van der Waals surface area contributed by atoms with E-state index in [1.807, 2.05) is 0 Å². The summed E-state index contributed by atoms with van der Waals surface area (Å²) in [7, 11) is 0. The zero-order chi connectivity index (χ0) is 26.4. The molecule has 2 amide bonds. The van der Waals surface area contributed by atoms with Crippen LogP contribution in [0, 0.1) is 19.8 Å². The lowest BCUT2D eigenvalue weighted by Crippen LogP contribution is -2.32. The molecular weight excluding hydrogens is 466 g/mol. The Hall–Kier alpha value is -4.06. The molecule has 1 aliphatic rings. The van der Waals surface area contributed by atoms with Crippen LogP contribution < -0.4 is 0 Å². The molecule has 3 aromatic carbocycles. The monoisotopic (exact) mass is 497 g/mol. The molecule has 1 heterocycles. The molecule has 0 N–H and O–H groups in total. The molecule has 0 saturated carbocycles. The van der Waals surface area contributed by atoms with Crippen LogP contribution in [-0.4, -0.2) is 28.6 Å². The molecule has 0 radical (unpaired) electrons. The van der Waals surface area contributed by atoms with Gasteiger partial charge >= 0.3 is 5.97 Å². The average Bonchev–Trinajstić information content (AvgIpc) is 3.22. The lowest BCUT2D eigenvalue weighted by atomic mass is 9.86. The topological polar surface area (TPSA) is 80.8 Å². The quantitative estimate of drug-likeness (QED) is 0.269. The van der Waals surface area contributed by atoms with Crippen molar-refractivity contribution in [2.45, 2.75) is 52.4 Å². The number of rotatable bonds is 10. The minimum Gasteiger partial charge on any atom is -0.325 e. The predicted octanol–water partition coefficient (Wildman–Crippen LogP) is 5.59. The third-order valence-electron chi connectivity index (χ3n) is 6.76. The van der Waals surface area contributed by atoms with E-state index < -0.39 is 17.8 Å². The first-order valence-electron chi connectivity index (χ1n) is 12.6. The number of aryl methyl sites for hydroxylation is 4. The maximum absolute atomic E-state index is 13.5. The third kappa shape index (κ3) is 6.79. The van der Waals surface area contributed by atoms with Crippen molar-refractivity contribution in [3.05, 3.63) is 106 Å². The zero-order valence-corrected chi connectivity index (χ0v) is 21.2. The van der Waals surface area contributed by atoms with Gasteiger partial charge in [0, 0.05) is 24.3 Å². The van der Waals surface area contributed by atoms with Crippen molar-refractivity contribution in [3.63, 3.8) is 0 Å². The van der Waals surface area contributed by atoms with Crippen molar-refractivity contribution in [2.24, 2.45) is 5.92 Å². The van der Waals surface area contributed by atoms with Gasteiger partial charge in [0.1, 0.15) is 0 Å². The standard InChI is InChI=1S/C31H31NO5/c1-21-3-7-23(8-4-21)11-13-25(14-12-24-9-5-22(2)6-10-24)30(35)26-15-17-27(18-16-26)31(36)37-32-28(33)19-20-29(32)34/h3-10,15-18,25H,11-14,19-20H2,1-2H3. The molecule has 6 nitrogen and oxygen atoms in total. The summed E-state index contributed by atoms with van der Waals surface area (Å²) >= 11 is 0. The van der Waals surface area contributed by atoms with Gasteiger partial charge in [0.15, 0.2) is 5.78 Å². The Balaban J connectivity index is 1.45. The lowest BCUT2D eigenvalue weighted by Gasteiger charge is -2.17. The van der Waals surface area contributed by atoms with Crippen LogP contribution in [0.3, 0.4) is 0 Å². The van der Waals surface area contributed by atoms with Crippen molar-refractivity contribution in [1.29, 1.82) is 0 Å². The molecule has 0 aromatic heterocycles. The van der Waals surface area contributed by atoms with E-state index in [1.54, 1.807) is 12.1 Å². The Morgan fingerprint density at radius 1 is 0.703 bits per heavy atom. The zero-order valence-electron chi connectivity index (χ0n) is 21.2. The van der Waals surface area contributed by atoms with Gasteiger partial charge in [-0.3, -0.25) is 14.4 Å². The first kappa shape index (κ1) is 26.0. The lowest BCUT2D eigenvalue weighted by molar-refractivity contribution is -0.172. The maximum Gasteiger partial charge on any atom is 0.363 e. The largest absolute Gasteiger partial charge is 0.363 e. The molecule has 0 atom stereocenters. The maximum atomic E-state index is 13.5. The molecule has 1 saturated heterocycles. The van der Waals surface area contributed by atoms with Crippen molar-refractivity contribution in [3.8, 4) is 0 Å². The number of amides is 2. The molecule has 0 aliphatic carbocycles. The van der Waals surface area contributed by atoms with Gasteiger partial charge in [0.2, 0.25) is 0 Å². The van der Waals surface area contributed by atoms with E-state index in [0.29, 0.717) is 10.6 Å². The number of hydrogen-bond donors (Lipinski definition) is 0. The Bertz CT molecular complexity index is 1210. The van der Waals surface area contributed by atoms with Crippen LogP contribution in [0.25, 0.3) is 0 Å². The number of benzene rings is 3. The number of Topliss-reactive ketones (excluding diaryl/α,β-unsaturated/α-hetero) is 1. The molecule has 0 unspecified atom stereocenters. The number of hydrogen-bond acceptors (Lipinski definition) is 5. The number of carbonyl (C=O) groups is 4. The second kappa shape index (κ2) is 11.8. The molecule has 190 valence electrons. The highest BCUT2D eigenvalue weighted by atomic mass is 16.7. The van der Waals surface area contributed by atoms with Crippen molar-refractivity contribution in [2.75, 3.05) is 0 Å². The van der Waals surface area contributed by atoms with Gasteiger partial charge in [-0.2, -0.15) is 0 Å². The Morgan fingerprint density at radius 2 is 1.14 bits per heavy atom. The summed E-state index contributed by atoms with van der Waals surface area (Å²) in [5.74, 6) is -2.02. The Kier molecular flexibility index (Phi) is 8.29. The van der Waals surface area contributed by atoms with Crippen LogP contribution in [0.15, 0.2) is 72.8 Å². The van der Waals surface area contributed by atoms with Gasteiger partial charge in [-0.25, -0.2) is 4.79 Å². The summed E-state index contributed by atoms with van der Waals surface area (Å²) in [6.07, 6.45) is 3.10. The fourth-order valence-electron chi connectivity index (χ4n) is 4.40. The normalized spacial score (nSPS) is 13.3. The average molecular weight is 498 g/mol. The fourth-order valence-corrected chi connectivity index (χ4v) is 4.40. The Morgan fingerprint density at radius 3 is 1.59 bits per heavy atom. The van der Waals surface area contributed by atoms with E-state index in [-0.39, 0.29) is 30.1 Å². The van der Waals surface area contributed by atoms with E-state index in [9.17, 15) is 19.2 Å². The number of nitrogens with zero attached hydrogens (tertiary/aromatic N) is 1. The molecule has 1 fully saturated rings. The van der Waals surface area contributed by atoms with E-state index in [1.165, 1.54) is 34.4 Å². The van der Waals surface area contributed by atoms with Gasteiger partial charge in [0.25, 0.3) is 11.8 Å². The van der Waals surface area contributed by atoms with Crippen LogP contribution in [0.1, 0.15) is 68.7 Å². The van der Waals surface area contributed by atoms with Crippen molar-refractivity contribution in [1.82, 2.24) is 5.06 Å². The fraction of sp³-hybridized carbons (Fsp3) is 0.290. The van der Waals surface area contributed by atoms with Crippen LogP contribution in [-0.2, 0) is 27.3 Å². The Labute approximate surface area is 217 Å². The van der Waals surface area contributed by atoms with Gasteiger partial charge in [0.05, 0.1) is 5.56 Å². The highest BCUT2D eigenvalue weighted by Gasteiger charge is 2.33. The summed E-state index contributed by atoms with van der Waals surface area (Å²) in [5.41, 5.74) is 5.48. The highest BCUT2D eigenvalue weighted by Crippen LogP contribution is 2.23. The minimum atomic E-state index is -0.808. The predicted molar refractivity (Wildman–Crippen MR) is 140 cm³/mol. The van der Waals surface area contributed by atoms with Crippen molar-refractivity contribution >= 4 is 23.6 Å². The van der Waals surface area contributed by atoms with Crippen LogP contribution >= 0.6 is 0 Å². The van der Waals surface area contributed by atoms with Crippen LogP contribution in [0.4, 0.5) is 0 Å². The molecule has 1 aliphatic heterocycles. The van der Waals surface area contributed by atoms with Crippen molar-refractivity contribution < 1.29 is 24.0 Å². The SMILES string of the molecule is Cc1ccc(CCC(CCc2ccc(C)cc2)C(=O)c2ccc(C(=O)ON3C(=O)CCC3=O)cc2)cc1. The molecule has 0 spiro atoms. The summed E-state index contributed by atoms with van der Waals surface area (Å²) < 4.78 is 0. The second-order valence-corrected chi connectivity index (χ2v) is 9.65. The molecular formula is C31H31NO5. The van der Waals surface area contributed by atoms with E-state index in [4.69, 9.17) is 4.84 Å². The molecule has 37 heavy (non-hydrogen) atoms. The number of carbonyl (C=O) groups excluding carboxylic acids is 4. The molecule has 3 aromatic rings. The van der Waals surface area contributed by atoms with E-state index >= 15 is 0 Å².